The molecular formula is C31H26N2O6. The van der Waals surface area contributed by atoms with E-state index in [2.05, 4.69) is 5.16 Å². The highest BCUT2D eigenvalue weighted by atomic mass is 16.5. The van der Waals surface area contributed by atoms with Crippen LogP contribution in [0.3, 0.4) is 0 Å². The van der Waals surface area contributed by atoms with Crippen LogP contribution in [0.1, 0.15) is 51.5 Å². The van der Waals surface area contributed by atoms with E-state index in [1.54, 1.807) is 49.4 Å². The molecule has 0 fully saturated rings. The van der Waals surface area contributed by atoms with Crippen molar-refractivity contribution in [3.63, 3.8) is 0 Å². The quantitative estimate of drug-likeness (QED) is 0.254. The molecule has 3 aromatic carbocycles. The van der Waals surface area contributed by atoms with Gasteiger partial charge in [-0.2, -0.15) is 0 Å². The van der Waals surface area contributed by atoms with E-state index in [1.165, 1.54) is 10.5 Å². The number of hydrogen-bond acceptors (Lipinski definition) is 7. The first-order valence-corrected chi connectivity index (χ1v) is 12.7. The number of ether oxygens (including phenoxy) is 2. The zero-order valence-corrected chi connectivity index (χ0v) is 21.8. The van der Waals surface area contributed by atoms with Gasteiger partial charge < -0.3 is 18.4 Å². The average Bonchev–Trinajstić information content (AvgIpc) is 3.49. The van der Waals surface area contributed by atoms with Gasteiger partial charge in [-0.1, -0.05) is 53.2 Å². The molecule has 3 heterocycles. The zero-order valence-electron chi connectivity index (χ0n) is 21.8. The van der Waals surface area contributed by atoms with Gasteiger partial charge in [0.25, 0.3) is 5.91 Å². The molecule has 1 amide bonds. The molecule has 1 aliphatic rings. The molecule has 0 saturated carbocycles. The fourth-order valence-electron chi connectivity index (χ4n) is 4.87. The maximum Gasteiger partial charge on any atom is 0.296 e. The normalized spacial score (nSPS) is 14.6. The minimum absolute atomic E-state index is 0.0120. The molecule has 0 aliphatic carbocycles. The van der Waals surface area contributed by atoms with E-state index in [9.17, 15) is 9.59 Å². The molecule has 0 bridgehead atoms. The molecular weight excluding hydrogens is 496 g/mol. The van der Waals surface area contributed by atoms with E-state index in [0.29, 0.717) is 47.0 Å². The summed E-state index contributed by atoms with van der Waals surface area (Å²) in [5.74, 6) is 1.40. The van der Waals surface area contributed by atoms with Crippen LogP contribution in [0.15, 0.2) is 86.5 Å². The van der Waals surface area contributed by atoms with Crippen molar-refractivity contribution in [2.75, 3.05) is 11.5 Å². The summed E-state index contributed by atoms with van der Waals surface area (Å²) < 4.78 is 23.3. The molecule has 8 heteroatoms. The van der Waals surface area contributed by atoms with E-state index < -0.39 is 11.9 Å². The minimum atomic E-state index is -0.803. The molecule has 39 heavy (non-hydrogen) atoms. The van der Waals surface area contributed by atoms with E-state index in [1.807, 2.05) is 44.2 Å². The van der Waals surface area contributed by atoms with Crippen molar-refractivity contribution in [2.24, 2.45) is 0 Å². The summed E-state index contributed by atoms with van der Waals surface area (Å²) in [6.07, 6.45) is 0. The molecule has 5 aromatic rings. The van der Waals surface area contributed by atoms with Crippen molar-refractivity contribution in [3.8, 4) is 11.5 Å². The number of nitrogens with zero attached hydrogens (tertiary/aromatic N) is 2. The number of anilines is 1. The second-order valence-electron chi connectivity index (χ2n) is 9.46. The van der Waals surface area contributed by atoms with Crippen LogP contribution in [-0.4, -0.2) is 17.7 Å². The Hall–Kier alpha value is -4.85. The van der Waals surface area contributed by atoms with Crippen molar-refractivity contribution >= 4 is 22.7 Å². The van der Waals surface area contributed by atoms with E-state index in [-0.39, 0.29) is 22.6 Å². The van der Waals surface area contributed by atoms with Crippen LogP contribution in [-0.2, 0) is 6.61 Å². The third kappa shape index (κ3) is 4.33. The summed E-state index contributed by atoms with van der Waals surface area (Å²) in [4.78, 5) is 28.9. The van der Waals surface area contributed by atoms with Crippen molar-refractivity contribution < 1.29 is 23.2 Å². The SMILES string of the molecule is CCOc1cc([C@H]2c3c(oc4ccccc4c3=O)C(=O)N2c2cc(C)on2)ccc1OCc1ccc(C)cc1. The summed E-state index contributed by atoms with van der Waals surface area (Å²) in [7, 11) is 0. The smallest absolute Gasteiger partial charge is 0.296 e. The van der Waals surface area contributed by atoms with Crippen LogP contribution >= 0.6 is 0 Å². The van der Waals surface area contributed by atoms with Crippen LogP contribution in [0.5, 0.6) is 11.5 Å². The zero-order chi connectivity index (χ0) is 27.1. The Morgan fingerprint density at radius 2 is 1.72 bits per heavy atom. The monoisotopic (exact) mass is 522 g/mol. The Morgan fingerprint density at radius 3 is 2.46 bits per heavy atom. The van der Waals surface area contributed by atoms with Crippen LogP contribution in [0.4, 0.5) is 5.82 Å². The molecule has 0 saturated heterocycles. The highest BCUT2D eigenvalue weighted by molar-refractivity contribution is 6.10. The van der Waals surface area contributed by atoms with Crippen LogP contribution in [0.2, 0.25) is 0 Å². The molecule has 0 radical (unpaired) electrons. The second kappa shape index (κ2) is 9.79. The highest BCUT2D eigenvalue weighted by Crippen LogP contribution is 2.43. The lowest BCUT2D eigenvalue weighted by Gasteiger charge is -2.23. The maximum atomic E-state index is 13.8. The highest BCUT2D eigenvalue weighted by Gasteiger charge is 2.45. The average molecular weight is 523 g/mol. The lowest BCUT2D eigenvalue weighted by atomic mass is 9.98. The predicted octanol–water partition coefficient (Wildman–Crippen LogP) is 6.13. The molecule has 8 nitrogen and oxygen atoms in total. The Morgan fingerprint density at radius 1 is 0.923 bits per heavy atom. The fourth-order valence-corrected chi connectivity index (χ4v) is 4.87. The number of benzene rings is 3. The number of aromatic nitrogens is 1. The Kier molecular flexibility index (Phi) is 6.15. The van der Waals surface area contributed by atoms with Gasteiger partial charge in [-0.25, -0.2) is 0 Å². The first kappa shape index (κ1) is 24.5. The molecule has 6 rings (SSSR count). The summed E-state index contributed by atoms with van der Waals surface area (Å²) in [6, 6.07) is 21.3. The number of fused-ring (bicyclic) bond motifs is 2. The Balaban J connectivity index is 1.46. The van der Waals surface area contributed by atoms with Crippen molar-refractivity contribution in [1.82, 2.24) is 5.16 Å². The summed E-state index contributed by atoms with van der Waals surface area (Å²) >= 11 is 0. The van der Waals surface area contributed by atoms with Gasteiger partial charge in [-0.15, -0.1) is 0 Å². The predicted molar refractivity (Wildman–Crippen MR) is 145 cm³/mol. The first-order valence-electron chi connectivity index (χ1n) is 12.7. The summed E-state index contributed by atoms with van der Waals surface area (Å²) in [5, 5.41) is 4.48. The fraction of sp³-hybridized carbons (Fsp3) is 0.194. The van der Waals surface area contributed by atoms with Crippen molar-refractivity contribution in [3.05, 3.63) is 117 Å². The van der Waals surface area contributed by atoms with Gasteiger partial charge in [0.05, 0.1) is 23.6 Å². The lowest BCUT2D eigenvalue weighted by molar-refractivity contribution is 0.0969. The van der Waals surface area contributed by atoms with Gasteiger partial charge in [0.1, 0.15) is 18.0 Å². The van der Waals surface area contributed by atoms with E-state index >= 15 is 0 Å². The van der Waals surface area contributed by atoms with Gasteiger partial charge >= 0.3 is 0 Å². The number of para-hydroxylation sites is 1. The topological polar surface area (TPSA) is 95.0 Å². The lowest BCUT2D eigenvalue weighted by Crippen LogP contribution is -2.29. The molecule has 1 atom stereocenters. The van der Waals surface area contributed by atoms with Crippen LogP contribution in [0.25, 0.3) is 11.0 Å². The summed E-state index contributed by atoms with van der Waals surface area (Å²) in [5.41, 5.74) is 3.17. The molecule has 196 valence electrons. The largest absolute Gasteiger partial charge is 0.490 e. The minimum Gasteiger partial charge on any atom is -0.490 e. The van der Waals surface area contributed by atoms with Crippen LogP contribution < -0.4 is 19.8 Å². The summed E-state index contributed by atoms with van der Waals surface area (Å²) in [6.45, 7) is 6.43. The standard InChI is InChI=1S/C31H26N2O6/c1-4-36-25-16-21(13-14-24(25)37-17-20-11-9-18(2)10-12-20)28-27-29(34)22-7-5-6-8-23(22)38-30(27)31(35)33(28)26-15-19(3)39-32-26/h5-16,28H,4,17H2,1-3H3/t28-/m0/s1. The molecule has 0 N–H and O–H groups in total. The number of amides is 1. The molecule has 0 unspecified atom stereocenters. The Labute approximate surface area is 224 Å². The number of carbonyl (C=O) groups is 1. The van der Waals surface area contributed by atoms with Crippen molar-refractivity contribution in [2.45, 2.75) is 33.4 Å². The number of aryl methyl sites for hydroxylation is 2. The molecule has 1 aliphatic heterocycles. The molecule has 2 aromatic heterocycles. The van der Waals surface area contributed by atoms with E-state index in [4.69, 9.17) is 18.4 Å². The third-order valence-corrected chi connectivity index (χ3v) is 6.74. The van der Waals surface area contributed by atoms with Gasteiger partial charge in [0.2, 0.25) is 5.76 Å². The number of hydrogen-bond donors (Lipinski definition) is 0. The van der Waals surface area contributed by atoms with Gasteiger partial charge in [0, 0.05) is 6.07 Å². The third-order valence-electron chi connectivity index (χ3n) is 6.74. The van der Waals surface area contributed by atoms with Gasteiger partial charge in [-0.05, 0) is 56.2 Å². The van der Waals surface area contributed by atoms with E-state index in [0.717, 1.165) is 5.56 Å². The van der Waals surface area contributed by atoms with Gasteiger partial charge in [-0.3, -0.25) is 14.5 Å². The van der Waals surface area contributed by atoms with Gasteiger partial charge in [0.15, 0.2) is 22.7 Å². The first-order chi connectivity index (χ1) is 18.9. The van der Waals surface area contributed by atoms with Crippen LogP contribution in [0, 0.1) is 13.8 Å². The maximum absolute atomic E-state index is 13.8. The number of rotatable bonds is 7. The molecule has 0 spiro atoms. The number of carbonyl (C=O) groups excluding carboxylic acids is 1. The Bertz CT molecular complexity index is 1750. The van der Waals surface area contributed by atoms with Crippen molar-refractivity contribution in [1.29, 1.82) is 0 Å². The second-order valence-corrected chi connectivity index (χ2v) is 9.46.